The van der Waals surface area contributed by atoms with Crippen molar-refractivity contribution in [1.29, 1.82) is 0 Å². The monoisotopic (exact) mass is 811 g/mol. The van der Waals surface area contributed by atoms with Crippen molar-refractivity contribution in [3.05, 3.63) is 196 Å². The molecule has 0 aliphatic carbocycles. The van der Waals surface area contributed by atoms with Crippen LogP contribution in [0.3, 0.4) is 0 Å². The van der Waals surface area contributed by atoms with E-state index in [1.165, 1.54) is 72.9 Å². The van der Waals surface area contributed by atoms with Crippen molar-refractivity contribution in [2.24, 2.45) is 0 Å². The molecular formula is C59H61N3. The number of anilines is 9. The van der Waals surface area contributed by atoms with Crippen molar-refractivity contribution in [1.82, 2.24) is 0 Å². The van der Waals surface area contributed by atoms with Gasteiger partial charge in [0.1, 0.15) is 0 Å². The summed E-state index contributed by atoms with van der Waals surface area (Å²) >= 11 is 0. The molecule has 10 rings (SSSR count). The summed E-state index contributed by atoms with van der Waals surface area (Å²) < 4.78 is 0. The van der Waals surface area contributed by atoms with Crippen LogP contribution in [0.25, 0.3) is 0 Å². The summed E-state index contributed by atoms with van der Waals surface area (Å²) in [6.45, 7) is 28.4. The van der Waals surface area contributed by atoms with Crippen LogP contribution in [-0.4, -0.2) is 0 Å². The van der Waals surface area contributed by atoms with Gasteiger partial charge in [0.25, 0.3) is 0 Å². The Labute approximate surface area is 370 Å². The second kappa shape index (κ2) is 13.5. The Morgan fingerprint density at radius 1 is 0.323 bits per heavy atom. The van der Waals surface area contributed by atoms with E-state index in [2.05, 4.69) is 249 Å². The molecule has 0 atom stereocenters. The van der Waals surface area contributed by atoms with Gasteiger partial charge in [-0.1, -0.05) is 162 Å². The third kappa shape index (κ3) is 5.91. The molecule has 0 bridgehead atoms. The van der Waals surface area contributed by atoms with Crippen LogP contribution in [0.5, 0.6) is 0 Å². The highest BCUT2D eigenvalue weighted by atomic mass is 15.2. The molecule has 62 heavy (non-hydrogen) atoms. The van der Waals surface area contributed by atoms with E-state index in [4.69, 9.17) is 0 Å². The molecule has 3 heterocycles. The van der Waals surface area contributed by atoms with Crippen LogP contribution < -0.4 is 14.7 Å². The van der Waals surface area contributed by atoms with Gasteiger partial charge in [0.2, 0.25) is 0 Å². The summed E-state index contributed by atoms with van der Waals surface area (Å²) in [4.78, 5) is 7.62. The minimum Gasteiger partial charge on any atom is -0.310 e. The van der Waals surface area contributed by atoms with Crippen LogP contribution in [-0.2, 0) is 27.1 Å². The minimum atomic E-state index is -0.358. The van der Waals surface area contributed by atoms with E-state index in [-0.39, 0.29) is 27.1 Å². The standard InChI is InChI=1S/C59H61N3/c1-55(2,3)38-26-30-42(31-27-38)60(40-20-15-13-16-21-40)44-34-48-53-50(36-44)59(11,12)51-37-45(61(41-22-17-14-18-23-41)43-32-28-39(29-33-43)56(4,5)6)35-49-54(51)62(53)52-46(57(48,7)8)24-19-25-47(52)58(49,9)10/h13-37H,1-12H3. The quantitative estimate of drug-likeness (QED) is 0.166. The van der Waals surface area contributed by atoms with Crippen LogP contribution in [0.2, 0.25) is 0 Å². The zero-order chi connectivity index (χ0) is 43.7. The maximum absolute atomic E-state index is 2.69. The fourth-order valence-corrected chi connectivity index (χ4v) is 10.7. The molecule has 3 aliphatic rings. The maximum Gasteiger partial charge on any atom is 0.0545 e. The topological polar surface area (TPSA) is 9.72 Å². The van der Waals surface area contributed by atoms with Crippen molar-refractivity contribution >= 4 is 51.2 Å². The predicted molar refractivity (Wildman–Crippen MR) is 264 cm³/mol. The molecule has 7 aromatic carbocycles. The normalized spacial score (nSPS) is 16.1. The summed E-state index contributed by atoms with van der Waals surface area (Å²) in [6, 6.07) is 57.4. The molecule has 0 radical (unpaired) electrons. The summed E-state index contributed by atoms with van der Waals surface area (Å²) in [5.74, 6) is 0. The molecule has 3 heteroatoms. The lowest BCUT2D eigenvalue weighted by atomic mass is 9.60. The van der Waals surface area contributed by atoms with Crippen molar-refractivity contribution in [3.8, 4) is 0 Å². The zero-order valence-electron chi connectivity index (χ0n) is 38.8. The molecule has 312 valence electrons. The molecule has 0 spiro atoms. The first-order valence-electron chi connectivity index (χ1n) is 22.5. The van der Waals surface area contributed by atoms with Crippen molar-refractivity contribution in [2.75, 3.05) is 14.7 Å². The average molecular weight is 812 g/mol. The Bertz CT molecular complexity index is 2670. The van der Waals surface area contributed by atoms with Gasteiger partial charge in [0.15, 0.2) is 0 Å². The number of hydrogen-bond donors (Lipinski definition) is 0. The third-order valence-corrected chi connectivity index (χ3v) is 14.5. The smallest absolute Gasteiger partial charge is 0.0545 e. The van der Waals surface area contributed by atoms with Crippen molar-refractivity contribution in [3.63, 3.8) is 0 Å². The lowest BCUT2D eigenvalue weighted by Crippen LogP contribution is -2.44. The first-order valence-corrected chi connectivity index (χ1v) is 22.5. The van der Waals surface area contributed by atoms with E-state index >= 15 is 0 Å². The van der Waals surface area contributed by atoms with Gasteiger partial charge in [-0.05, 0) is 128 Å². The molecule has 0 N–H and O–H groups in total. The highest BCUT2D eigenvalue weighted by Gasteiger charge is 2.52. The third-order valence-electron chi connectivity index (χ3n) is 14.5. The Hall–Kier alpha value is -6.06. The van der Waals surface area contributed by atoms with E-state index in [1.807, 2.05) is 0 Å². The Balaban J connectivity index is 1.26. The zero-order valence-corrected chi connectivity index (χ0v) is 38.8. The number of rotatable bonds is 6. The van der Waals surface area contributed by atoms with Gasteiger partial charge in [-0.3, -0.25) is 0 Å². The van der Waals surface area contributed by atoms with Gasteiger partial charge in [0.05, 0.1) is 17.1 Å². The first kappa shape index (κ1) is 40.0. The largest absolute Gasteiger partial charge is 0.310 e. The van der Waals surface area contributed by atoms with Crippen LogP contribution in [0.4, 0.5) is 51.2 Å². The van der Waals surface area contributed by atoms with Crippen molar-refractivity contribution < 1.29 is 0 Å². The molecule has 0 unspecified atom stereocenters. The lowest BCUT2D eigenvalue weighted by molar-refractivity contribution is 0.567. The molecular weight excluding hydrogens is 751 g/mol. The van der Waals surface area contributed by atoms with Gasteiger partial charge in [-0.15, -0.1) is 0 Å². The fourth-order valence-electron chi connectivity index (χ4n) is 10.7. The fraction of sp³-hybridized carbons (Fsp3) is 0.288. The van der Waals surface area contributed by atoms with Crippen LogP contribution >= 0.6 is 0 Å². The average Bonchev–Trinajstić information content (AvgIpc) is 3.24. The van der Waals surface area contributed by atoms with Gasteiger partial charge >= 0.3 is 0 Å². The van der Waals surface area contributed by atoms with Gasteiger partial charge in [-0.2, -0.15) is 0 Å². The molecule has 0 aromatic heterocycles. The van der Waals surface area contributed by atoms with Gasteiger partial charge in [0, 0.05) is 50.4 Å². The Morgan fingerprint density at radius 2 is 0.613 bits per heavy atom. The molecule has 3 nitrogen and oxygen atoms in total. The van der Waals surface area contributed by atoms with Crippen LogP contribution in [0, 0.1) is 0 Å². The predicted octanol–water partition coefficient (Wildman–Crippen LogP) is 16.6. The summed E-state index contributed by atoms with van der Waals surface area (Å²) in [7, 11) is 0. The van der Waals surface area contributed by atoms with E-state index < -0.39 is 0 Å². The maximum atomic E-state index is 2.69. The number of hydrogen-bond acceptors (Lipinski definition) is 3. The first-order chi connectivity index (χ1) is 29.3. The lowest BCUT2D eigenvalue weighted by Gasteiger charge is -2.55. The van der Waals surface area contributed by atoms with E-state index in [9.17, 15) is 0 Å². The molecule has 7 aromatic rings. The number of benzene rings is 7. The summed E-state index contributed by atoms with van der Waals surface area (Å²) in [5.41, 5.74) is 21.1. The highest BCUT2D eigenvalue weighted by molar-refractivity contribution is 6.00. The summed E-state index contributed by atoms with van der Waals surface area (Å²) in [6.07, 6.45) is 0. The number of para-hydroxylation sites is 3. The Morgan fingerprint density at radius 3 is 0.935 bits per heavy atom. The van der Waals surface area contributed by atoms with Gasteiger partial charge in [-0.25, -0.2) is 0 Å². The van der Waals surface area contributed by atoms with Crippen LogP contribution in [0.1, 0.15) is 128 Å². The van der Waals surface area contributed by atoms with Crippen LogP contribution in [0.15, 0.2) is 152 Å². The molecule has 0 amide bonds. The molecule has 0 saturated carbocycles. The second-order valence-electron chi connectivity index (χ2n) is 21.6. The Kier molecular flexibility index (Phi) is 8.70. The number of nitrogens with zero attached hydrogens (tertiary/aromatic N) is 3. The molecule has 0 fully saturated rings. The van der Waals surface area contributed by atoms with Gasteiger partial charge < -0.3 is 14.7 Å². The highest BCUT2D eigenvalue weighted by Crippen LogP contribution is 2.67. The molecule has 0 saturated heterocycles. The van der Waals surface area contributed by atoms with Crippen molar-refractivity contribution in [2.45, 2.75) is 110 Å². The SMILES string of the molecule is CC(C)(C)c1ccc(N(c2ccccc2)c2cc3c4c(c2)C(C)(C)c2cc(N(c5ccccc5)c5ccc(C(C)(C)C)cc5)cc5c2N4c2c(cccc2C5(C)C)C3(C)C)cc1. The molecule has 3 aliphatic heterocycles. The van der Waals surface area contributed by atoms with E-state index in [0.29, 0.717) is 0 Å². The second-order valence-corrected chi connectivity index (χ2v) is 21.6. The summed E-state index contributed by atoms with van der Waals surface area (Å²) in [5, 5.41) is 0. The van der Waals surface area contributed by atoms with E-state index in [1.54, 1.807) is 0 Å². The van der Waals surface area contributed by atoms with E-state index in [0.717, 1.165) is 22.7 Å². The minimum absolute atomic E-state index is 0.0620.